The first-order chi connectivity index (χ1) is 17.3. The molecule has 2 aromatic rings. The molecule has 0 radical (unpaired) electrons. The van der Waals surface area contributed by atoms with Crippen LogP contribution in [0.5, 0.6) is 5.75 Å². The molecule has 0 bridgehead atoms. The SMILES string of the molecule is O=C(CN1C(=O)N/C(=C\c2ccc(OCC(=O)N3CCOCC3)c(Br)c2)C1=O)Nc1ccc(Br)cc1. The Balaban J connectivity index is 1.35. The Hall–Kier alpha value is -3.22. The summed E-state index contributed by atoms with van der Waals surface area (Å²) < 4.78 is 12.3. The number of urea groups is 1. The van der Waals surface area contributed by atoms with Gasteiger partial charge in [-0.05, 0) is 64.0 Å². The number of imide groups is 1. The van der Waals surface area contributed by atoms with Crippen LogP contribution >= 0.6 is 31.9 Å². The average molecular weight is 622 g/mol. The lowest BCUT2D eigenvalue weighted by molar-refractivity contribution is -0.137. The summed E-state index contributed by atoms with van der Waals surface area (Å²) in [6.07, 6.45) is 1.50. The predicted octanol–water partition coefficient (Wildman–Crippen LogP) is 2.98. The number of ether oxygens (including phenoxy) is 2. The second kappa shape index (κ2) is 11.7. The highest BCUT2D eigenvalue weighted by molar-refractivity contribution is 9.10. The summed E-state index contributed by atoms with van der Waals surface area (Å²) in [6.45, 7) is 1.58. The molecule has 2 aliphatic heterocycles. The first kappa shape index (κ1) is 25.9. The molecule has 2 fully saturated rings. The Bertz CT molecular complexity index is 1210. The maximum Gasteiger partial charge on any atom is 0.329 e. The van der Waals surface area contributed by atoms with E-state index in [9.17, 15) is 19.2 Å². The van der Waals surface area contributed by atoms with Crippen LogP contribution in [-0.4, -0.2) is 73.0 Å². The monoisotopic (exact) mass is 620 g/mol. The highest BCUT2D eigenvalue weighted by Crippen LogP contribution is 2.27. The minimum Gasteiger partial charge on any atom is -0.483 e. The van der Waals surface area contributed by atoms with Gasteiger partial charge >= 0.3 is 6.03 Å². The van der Waals surface area contributed by atoms with E-state index in [0.717, 1.165) is 9.37 Å². The number of carbonyl (C=O) groups excluding carboxylic acids is 4. The minimum absolute atomic E-state index is 0.0412. The Morgan fingerprint density at radius 1 is 1.08 bits per heavy atom. The van der Waals surface area contributed by atoms with Crippen LogP contribution in [0.3, 0.4) is 0 Å². The molecule has 2 aromatic carbocycles. The standard InChI is InChI=1S/C24H22Br2N4O6/c25-16-2-4-17(5-3-16)27-21(31)13-30-23(33)19(28-24(30)34)12-15-1-6-20(18(26)11-15)36-14-22(32)29-7-9-35-10-8-29/h1-6,11-12H,7-10,13-14H2,(H,27,31)(H,28,34)/b19-12-. The zero-order valence-electron chi connectivity index (χ0n) is 19.0. The van der Waals surface area contributed by atoms with Crippen molar-refractivity contribution in [2.45, 2.75) is 0 Å². The fourth-order valence-electron chi connectivity index (χ4n) is 3.53. The third-order valence-electron chi connectivity index (χ3n) is 5.37. The third kappa shape index (κ3) is 6.50. The number of nitrogens with one attached hydrogen (secondary N) is 2. The van der Waals surface area contributed by atoms with Crippen LogP contribution in [-0.2, 0) is 19.1 Å². The molecule has 0 atom stereocenters. The lowest BCUT2D eigenvalue weighted by Crippen LogP contribution is -2.43. The molecule has 4 rings (SSSR count). The molecule has 36 heavy (non-hydrogen) atoms. The van der Waals surface area contributed by atoms with Gasteiger partial charge in [0.1, 0.15) is 18.0 Å². The van der Waals surface area contributed by atoms with Gasteiger partial charge in [-0.1, -0.05) is 22.0 Å². The topological polar surface area (TPSA) is 117 Å². The number of nitrogens with zero attached hydrogens (tertiary/aromatic N) is 2. The number of morpholine rings is 1. The van der Waals surface area contributed by atoms with Gasteiger partial charge in [-0.3, -0.25) is 14.4 Å². The third-order valence-corrected chi connectivity index (χ3v) is 6.52. The number of amides is 5. The average Bonchev–Trinajstić information content (AvgIpc) is 3.12. The van der Waals surface area contributed by atoms with Crippen molar-refractivity contribution in [3.05, 3.63) is 62.7 Å². The minimum atomic E-state index is -0.683. The van der Waals surface area contributed by atoms with E-state index in [4.69, 9.17) is 9.47 Å². The Kier molecular flexibility index (Phi) is 8.39. The molecule has 12 heteroatoms. The molecule has 5 amide bonds. The van der Waals surface area contributed by atoms with Crippen molar-refractivity contribution in [2.24, 2.45) is 0 Å². The summed E-state index contributed by atoms with van der Waals surface area (Å²) in [5.74, 6) is -0.775. The van der Waals surface area contributed by atoms with Gasteiger partial charge in [-0.25, -0.2) is 9.69 Å². The van der Waals surface area contributed by atoms with E-state index in [1.807, 2.05) is 0 Å². The van der Waals surface area contributed by atoms with E-state index in [2.05, 4.69) is 42.5 Å². The molecule has 188 valence electrons. The summed E-state index contributed by atoms with van der Waals surface area (Å²) in [5, 5.41) is 5.14. The van der Waals surface area contributed by atoms with Crippen molar-refractivity contribution in [2.75, 3.05) is 44.8 Å². The summed E-state index contributed by atoms with van der Waals surface area (Å²) in [4.78, 5) is 52.2. The van der Waals surface area contributed by atoms with Crippen molar-refractivity contribution < 1.29 is 28.7 Å². The number of hydrogen-bond donors (Lipinski definition) is 2. The van der Waals surface area contributed by atoms with Gasteiger partial charge in [-0.2, -0.15) is 0 Å². The van der Waals surface area contributed by atoms with Crippen LogP contribution in [0.1, 0.15) is 5.56 Å². The first-order valence-electron chi connectivity index (χ1n) is 11.0. The van der Waals surface area contributed by atoms with Crippen molar-refractivity contribution in [1.82, 2.24) is 15.1 Å². The van der Waals surface area contributed by atoms with Crippen molar-refractivity contribution in [3.63, 3.8) is 0 Å². The van der Waals surface area contributed by atoms with Crippen molar-refractivity contribution in [1.29, 1.82) is 0 Å². The maximum atomic E-state index is 12.7. The zero-order valence-corrected chi connectivity index (χ0v) is 22.1. The van der Waals surface area contributed by atoms with E-state index in [1.54, 1.807) is 47.4 Å². The maximum absolute atomic E-state index is 12.7. The molecular weight excluding hydrogens is 600 g/mol. The highest BCUT2D eigenvalue weighted by atomic mass is 79.9. The van der Waals surface area contributed by atoms with E-state index >= 15 is 0 Å². The number of halogens is 2. The van der Waals surface area contributed by atoms with E-state index in [0.29, 0.717) is 47.8 Å². The van der Waals surface area contributed by atoms with Gasteiger partial charge in [0.15, 0.2) is 6.61 Å². The quantitative estimate of drug-likeness (QED) is 0.363. The van der Waals surface area contributed by atoms with Crippen LogP contribution in [0, 0.1) is 0 Å². The predicted molar refractivity (Wildman–Crippen MR) is 138 cm³/mol. The zero-order chi connectivity index (χ0) is 25.7. The molecule has 0 spiro atoms. The molecule has 2 N–H and O–H groups in total. The van der Waals surface area contributed by atoms with E-state index < -0.39 is 24.4 Å². The van der Waals surface area contributed by atoms with Crippen LogP contribution in [0.4, 0.5) is 10.5 Å². The van der Waals surface area contributed by atoms with Gasteiger partial charge in [0.25, 0.3) is 11.8 Å². The van der Waals surface area contributed by atoms with Crippen LogP contribution in [0.2, 0.25) is 0 Å². The Labute approximate surface area is 223 Å². The molecule has 2 saturated heterocycles. The second-order valence-corrected chi connectivity index (χ2v) is 9.68. The molecule has 2 heterocycles. The van der Waals surface area contributed by atoms with Gasteiger partial charge < -0.3 is 25.0 Å². The number of hydrogen-bond acceptors (Lipinski definition) is 6. The Morgan fingerprint density at radius 3 is 2.50 bits per heavy atom. The lowest BCUT2D eigenvalue weighted by atomic mass is 10.2. The molecular formula is C24H22Br2N4O6. The summed E-state index contributed by atoms with van der Waals surface area (Å²) in [6, 6.07) is 11.3. The summed E-state index contributed by atoms with van der Waals surface area (Å²) >= 11 is 6.73. The number of rotatable bonds is 7. The molecule has 0 saturated carbocycles. The van der Waals surface area contributed by atoms with E-state index in [1.165, 1.54) is 6.08 Å². The van der Waals surface area contributed by atoms with Crippen molar-refractivity contribution in [3.8, 4) is 5.75 Å². The van der Waals surface area contributed by atoms with Gasteiger partial charge in [-0.15, -0.1) is 0 Å². The molecule has 10 nitrogen and oxygen atoms in total. The molecule has 2 aliphatic rings. The van der Waals surface area contributed by atoms with Crippen molar-refractivity contribution >= 4 is 67.4 Å². The summed E-state index contributed by atoms with van der Waals surface area (Å²) in [7, 11) is 0. The van der Waals surface area contributed by atoms with Gasteiger partial charge in [0.05, 0.1) is 17.7 Å². The summed E-state index contributed by atoms with van der Waals surface area (Å²) in [5.41, 5.74) is 1.20. The molecule has 0 unspecified atom stereocenters. The second-order valence-electron chi connectivity index (χ2n) is 7.91. The van der Waals surface area contributed by atoms with Gasteiger partial charge in [0.2, 0.25) is 5.91 Å². The van der Waals surface area contributed by atoms with Gasteiger partial charge in [0, 0.05) is 23.2 Å². The van der Waals surface area contributed by atoms with Crippen LogP contribution in [0.15, 0.2) is 57.1 Å². The highest BCUT2D eigenvalue weighted by Gasteiger charge is 2.35. The van der Waals surface area contributed by atoms with Crippen LogP contribution < -0.4 is 15.4 Å². The fourth-order valence-corrected chi connectivity index (χ4v) is 4.30. The molecule has 0 aliphatic carbocycles. The number of benzene rings is 2. The number of anilines is 1. The van der Waals surface area contributed by atoms with Crippen LogP contribution in [0.25, 0.3) is 6.08 Å². The largest absolute Gasteiger partial charge is 0.483 e. The van der Waals surface area contributed by atoms with E-state index in [-0.39, 0.29) is 18.2 Å². The first-order valence-corrected chi connectivity index (χ1v) is 12.6. The lowest BCUT2D eigenvalue weighted by Gasteiger charge is -2.26. The molecule has 0 aromatic heterocycles. The Morgan fingerprint density at radius 2 is 1.81 bits per heavy atom. The fraction of sp³-hybridized carbons (Fsp3) is 0.250. The smallest absolute Gasteiger partial charge is 0.329 e. The normalized spacial score (nSPS) is 16.8. The number of carbonyl (C=O) groups is 4.